The molecule has 3 aromatic rings. The number of phenols is 1. The summed E-state index contributed by atoms with van der Waals surface area (Å²) in [4.78, 5) is 10.9. The quantitative estimate of drug-likeness (QED) is 0.387. The standard InChI is InChI=1S/C19H19N5O2/c1-24(2)8-7-21-19-17-16(13-4-3-11(25)9-15(13)22-19)12-5-6-20-10-14(12)18(17)23-26/h3-6,9-10,25-26H,7-8H2,1-2H3,(H,21,22). The number of oxime groups is 1. The Labute approximate surface area is 150 Å². The van der Waals surface area contributed by atoms with Gasteiger partial charge in [-0.05, 0) is 37.9 Å². The highest BCUT2D eigenvalue weighted by Crippen LogP contribution is 2.44. The first kappa shape index (κ1) is 16.3. The Bertz CT molecular complexity index is 1030. The number of rotatable bonds is 4. The van der Waals surface area contributed by atoms with Crippen LogP contribution in [0, 0.1) is 0 Å². The zero-order chi connectivity index (χ0) is 18.3. The second-order valence-corrected chi connectivity index (χ2v) is 6.51. The van der Waals surface area contributed by atoms with Gasteiger partial charge in [0.15, 0.2) is 0 Å². The molecule has 26 heavy (non-hydrogen) atoms. The smallest absolute Gasteiger partial charge is 0.137 e. The summed E-state index contributed by atoms with van der Waals surface area (Å²) >= 11 is 0. The van der Waals surface area contributed by atoms with Gasteiger partial charge in [-0.1, -0.05) is 5.16 Å². The zero-order valence-corrected chi connectivity index (χ0v) is 14.6. The highest BCUT2D eigenvalue weighted by atomic mass is 16.4. The average Bonchev–Trinajstić information content (AvgIpc) is 2.96. The lowest BCUT2D eigenvalue weighted by Gasteiger charge is -2.15. The lowest BCUT2D eigenvalue weighted by atomic mass is 10.0. The summed E-state index contributed by atoms with van der Waals surface area (Å²) in [6.45, 7) is 1.51. The van der Waals surface area contributed by atoms with Gasteiger partial charge in [0.1, 0.15) is 17.3 Å². The molecule has 7 heteroatoms. The zero-order valence-electron chi connectivity index (χ0n) is 14.6. The number of nitrogens with zero attached hydrogens (tertiary/aromatic N) is 4. The number of anilines is 1. The first-order valence-corrected chi connectivity index (χ1v) is 8.32. The topological polar surface area (TPSA) is 93.9 Å². The van der Waals surface area contributed by atoms with Gasteiger partial charge in [-0.25, -0.2) is 4.98 Å². The number of pyridine rings is 2. The Morgan fingerprint density at radius 1 is 1.15 bits per heavy atom. The second-order valence-electron chi connectivity index (χ2n) is 6.51. The Morgan fingerprint density at radius 3 is 2.77 bits per heavy atom. The first-order chi connectivity index (χ1) is 12.6. The van der Waals surface area contributed by atoms with E-state index in [-0.39, 0.29) is 5.75 Å². The molecule has 1 aromatic carbocycles. The third-order valence-corrected chi connectivity index (χ3v) is 4.50. The third kappa shape index (κ3) is 2.53. The van der Waals surface area contributed by atoms with E-state index >= 15 is 0 Å². The molecule has 1 aliphatic carbocycles. The number of hydrogen-bond acceptors (Lipinski definition) is 7. The first-order valence-electron chi connectivity index (χ1n) is 8.32. The van der Waals surface area contributed by atoms with Crippen LogP contribution in [0.1, 0.15) is 11.1 Å². The van der Waals surface area contributed by atoms with E-state index in [1.54, 1.807) is 24.5 Å². The van der Waals surface area contributed by atoms with Gasteiger partial charge in [0, 0.05) is 48.1 Å². The van der Waals surface area contributed by atoms with Gasteiger partial charge in [0.2, 0.25) is 0 Å². The van der Waals surface area contributed by atoms with E-state index < -0.39 is 0 Å². The number of benzene rings is 1. The van der Waals surface area contributed by atoms with Crippen molar-refractivity contribution in [1.29, 1.82) is 0 Å². The van der Waals surface area contributed by atoms with Crippen molar-refractivity contribution in [3.8, 4) is 16.9 Å². The predicted octanol–water partition coefficient (Wildman–Crippen LogP) is 2.52. The van der Waals surface area contributed by atoms with Gasteiger partial charge in [-0.15, -0.1) is 0 Å². The summed E-state index contributed by atoms with van der Waals surface area (Å²) < 4.78 is 0. The monoisotopic (exact) mass is 349 g/mol. The Hall–Kier alpha value is -3.19. The highest BCUT2D eigenvalue weighted by Gasteiger charge is 2.31. The molecule has 2 heterocycles. The highest BCUT2D eigenvalue weighted by molar-refractivity contribution is 6.29. The maximum absolute atomic E-state index is 9.87. The molecule has 0 fully saturated rings. The van der Waals surface area contributed by atoms with Gasteiger partial charge >= 0.3 is 0 Å². The summed E-state index contributed by atoms with van der Waals surface area (Å²) in [6.07, 6.45) is 3.41. The lowest BCUT2D eigenvalue weighted by Crippen LogP contribution is -2.22. The molecule has 0 spiro atoms. The van der Waals surface area contributed by atoms with Crippen LogP contribution in [0.3, 0.4) is 0 Å². The second kappa shape index (κ2) is 6.27. The Morgan fingerprint density at radius 2 is 2.00 bits per heavy atom. The number of likely N-dealkylation sites (N-methyl/N-ethyl adjacent to an activating group) is 1. The molecule has 0 bridgehead atoms. The minimum atomic E-state index is 0.160. The summed E-state index contributed by atoms with van der Waals surface area (Å²) in [7, 11) is 4.00. The number of aromatic nitrogens is 2. The van der Waals surface area contributed by atoms with Crippen LogP contribution in [0.5, 0.6) is 5.75 Å². The summed E-state index contributed by atoms with van der Waals surface area (Å²) in [5.41, 5.74) is 4.54. The van der Waals surface area contributed by atoms with Gasteiger partial charge in [-0.2, -0.15) is 0 Å². The van der Waals surface area contributed by atoms with Crippen molar-refractivity contribution in [2.75, 3.05) is 32.5 Å². The van der Waals surface area contributed by atoms with E-state index in [1.807, 2.05) is 26.2 Å². The van der Waals surface area contributed by atoms with Crippen LogP contribution < -0.4 is 5.32 Å². The van der Waals surface area contributed by atoms with Crippen molar-refractivity contribution in [1.82, 2.24) is 14.9 Å². The van der Waals surface area contributed by atoms with Crippen molar-refractivity contribution in [2.24, 2.45) is 5.16 Å². The number of aromatic hydroxyl groups is 1. The fourth-order valence-electron chi connectivity index (χ4n) is 3.33. The van der Waals surface area contributed by atoms with E-state index in [4.69, 9.17) is 0 Å². The number of phenolic OH excluding ortho intramolecular Hbond substituents is 1. The van der Waals surface area contributed by atoms with Crippen LogP contribution in [-0.4, -0.2) is 58.1 Å². The number of hydrogen-bond donors (Lipinski definition) is 3. The van der Waals surface area contributed by atoms with Crippen molar-refractivity contribution < 1.29 is 10.3 Å². The molecule has 0 saturated carbocycles. The van der Waals surface area contributed by atoms with Crippen molar-refractivity contribution in [2.45, 2.75) is 0 Å². The molecular formula is C19H19N5O2. The fraction of sp³-hybridized carbons (Fsp3) is 0.211. The van der Waals surface area contributed by atoms with E-state index in [1.165, 1.54) is 0 Å². The summed E-state index contributed by atoms with van der Waals surface area (Å²) in [6, 6.07) is 7.02. The molecule has 0 radical (unpaired) electrons. The SMILES string of the molecule is CN(C)CCNc1nc2cc(O)ccc2c2c1C(=NO)c1cnccc1-2. The molecule has 4 rings (SSSR count). The molecule has 2 aromatic heterocycles. The van der Waals surface area contributed by atoms with Crippen LogP contribution in [0.4, 0.5) is 5.82 Å². The molecule has 0 atom stereocenters. The van der Waals surface area contributed by atoms with Crippen LogP contribution >= 0.6 is 0 Å². The minimum absolute atomic E-state index is 0.160. The van der Waals surface area contributed by atoms with Crippen molar-refractivity contribution >= 4 is 22.4 Å². The van der Waals surface area contributed by atoms with Gasteiger partial charge in [0.25, 0.3) is 0 Å². The summed E-state index contributed by atoms with van der Waals surface area (Å²) in [5.74, 6) is 0.789. The predicted molar refractivity (Wildman–Crippen MR) is 101 cm³/mol. The van der Waals surface area contributed by atoms with Crippen molar-refractivity contribution in [3.63, 3.8) is 0 Å². The van der Waals surface area contributed by atoms with Crippen LogP contribution in [-0.2, 0) is 0 Å². The Balaban J connectivity index is 1.98. The molecule has 0 amide bonds. The van der Waals surface area contributed by atoms with E-state index in [0.717, 1.165) is 34.2 Å². The summed E-state index contributed by atoms with van der Waals surface area (Å²) in [5, 5.41) is 27.3. The minimum Gasteiger partial charge on any atom is -0.508 e. The van der Waals surface area contributed by atoms with Gasteiger partial charge < -0.3 is 20.5 Å². The average molecular weight is 349 g/mol. The van der Waals surface area contributed by atoms with Crippen LogP contribution in [0.2, 0.25) is 0 Å². The van der Waals surface area contributed by atoms with E-state index in [9.17, 15) is 10.3 Å². The molecule has 1 aliphatic rings. The van der Waals surface area contributed by atoms with E-state index in [0.29, 0.717) is 23.6 Å². The molecule has 0 aliphatic heterocycles. The Kier molecular flexibility index (Phi) is 3.93. The van der Waals surface area contributed by atoms with E-state index in [2.05, 4.69) is 25.3 Å². The molecular weight excluding hydrogens is 330 g/mol. The van der Waals surface area contributed by atoms with Crippen LogP contribution in [0.25, 0.3) is 22.0 Å². The largest absolute Gasteiger partial charge is 0.508 e. The molecule has 0 unspecified atom stereocenters. The maximum Gasteiger partial charge on any atom is 0.137 e. The molecule has 7 nitrogen and oxygen atoms in total. The molecule has 3 N–H and O–H groups in total. The van der Waals surface area contributed by atoms with Gasteiger partial charge in [-0.3, -0.25) is 4.98 Å². The van der Waals surface area contributed by atoms with Crippen molar-refractivity contribution in [3.05, 3.63) is 47.8 Å². The van der Waals surface area contributed by atoms with Gasteiger partial charge in [0.05, 0.1) is 11.1 Å². The number of nitrogens with one attached hydrogen (secondary N) is 1. The lowest BCUT2D eigenvalue weighted by molar-refractivity contribution is 0.320. The molecule has 132 valence electrons. The fourth-order valence-corrected chi connectivity index (χ4v) is 3.33. The number of fused-ring (bicyclic) bond motifs is 5. The molecule has 0 saturated heterocycles. The van der Waals surface area contributed by atoms with Crippen LogP contribution in [0.15, 0.2) is 41.8 Å². The normalized spacial score (nSPS) is 14.0. The maximum atomic E-state index is 9.87. The third-order valence-electron chi connectivity index (χ3n) is 4.50.